The highest BCUT2D eigenvalue weighted by molar-refractivity contribution is 5.68. The summed E-state index contributed by atoms with van der Waals surface area (Å²) in [5, 5.41) is 0. The third-order valence-electron chi connectivity index (χ3n) is 5.55. The minimum atomic E-state index is -0.552. The van der Waals surface area contributed by atoms with Crippen LogP contribution in [0.1, 0.15) is 44.2 Å². The average Bonchev–Trinajstić information content (AvgIpc) is 3.19. The molecule has 1 amide bonds. The first kappa shape index (κ1) is 21.4. The molecule has 2 atom stereocenters. The van der Waals surface area contributed by atoms with Gasteiger partial charge >= 0.3 is 6.09 Å². The van der Waals surface area contributed by atoms with Gasteiger partial charge < -0.3 is 19.3 Å². The van der Waals surface area contributed by atoms with E-state index in [-0.39, 0.29) is 23.7 Å². The predicted molar refractivity (Wildman–Crippen MR) is 112 cm³/mol. The van der Waals surface area contributed by atoms with E-state index in [2.05, 4.69) is 0 Å². The van der Waals surface area contributed by atoms with Gasteiger partial charge in [0.1, 0.15) is 23.8 Å². The maximum absolute atomic E-state index is 13.4. The van der Waals surface area contributed by atoms with Gasteiger partial charge in [0.25, 0.3) is 0 Å². The molecule has 7 heteroatoms. The number of nitrogens with zero attached hydrogens (tertiary/aromatic N) is 1. The van der Waals surface area contributed by atoms with Crippen molar-refractivity contribution in [3.8, 4) is 11.5 Å². The second-order valence-corrected chi connectivity index (χ2v) is 9.06. The van der Waals surface area contributed by atoms with Crippen LogP contribution in [0.15, 0.2) is 42.5 Å². The number of rotatable bonds is 4. The molecule has 2 aliphatic heterocycles. The average molecular weight is 429 g/mol. The van der Waals surface area contributed by atoms with E-state index < -0.39 is 5.60 Å². The lowest BCUT2D eigenvalue weighted by Crippen LogP contribution is -2.46. The van der Waals surface area contributed by atoms with Crippen molar-refractivity contribution in [2.45, 2.75) is 45.3 Å². The molecule has 2 heterocycles. The van der Waals surface area contributed by atoms with Crippen molar-refractivity contribution < 1.29 is 28.4 Å². The highest BCUT2D eigenvalue weighted by atomic mass is 19.1. The fourth-order valence-corrected chi connectivity index (χ4v) is 4.02. The van der Waals surface area contributed by atoms with Crippen LogP contribution in [0.3, 0.4) is 0 Å². The third kappa shape index (κ3) is 5.28. The van der Waals surface area contributed by atoms with Gasteiger partial charge in [-0.05, 0) is 62.9 Å². The summed E-state index contributed by atoms with van der Waals surface area (Å²) in [5.41, 5.74) is 1.47. The van der Waals surface area contributed by atoms with E-state index in [1.807, 2.05) is 51.1 Å². The molecule has 31 heavy (non-hydrogen) atoms. The molecule has 0 saturated carbocycles. The summed E-state index contributed by atoms with van der Waals surface area (Å²) in [5.74, 6) is 1.25. The van der Waals surface area contributed by atoms with Gasteiger partial charge in [-0.2, -0.15) is 4.89 Å². The molecule has 0 bridgehead atoms. The number of likely N-dealkylation sites (tertiary alicyclic amines) is 1. The van der Waals surface area contributed by atoms with Crippen LogP contribution in [-0.4, -0.2) is 36.3 Å². The molecule has 1 fully saturated rings. The first-order valence-corrected chi connectivity index (χ1v) is 10.6. The van der Waals surface area contributed by atoms with E-state index in [0.717, 1.165) is 17.5 Å². The first-order valence-electron chi connectivity index (χ1n) is 10.6. The van der Waals surface area contributed by atoms with Gasteiger partial charge in [-0.3, -0.25) is 0 Å². The molecule has 2 aliphatic rings. The van der Waals surface area contributed by atoms with Crippen molar-refractivity contribution in [2.24, 2.45) is 5.92 Å². The number of benzene rings is 2. The molecule has 0 aromatic heterocycles. The zero-order valence-electron chi connectivity index (χ0n) is 18.1. The number of hydrogen-bond acceptors (Lipinski definition) is 5. The first-order chi connectivity index (χ1) is 14.8. The van der Waals surface area contributed by atoms with E-state index in [1.54, 1.807) is 4.90 Å². The molecule has 0 N–H and O–H groups in total. The maximum atomic E-state index is 13.4. The van der Waals surface area contributed by atoms with Gasteiger partial charge in [-0.15, -0.1) is 0 Å². The lowest BCUT2D eigenvalue weighted by molar-refractivity contribution is -0.194. The Balaban J connectivity index is 1.49. The van der Waals surface area contributed by atoms with Crippen LogP contribution in [0.4, 0.5) is 9.18 Å². The number of fused-ring (bicyclic) bond motifs is 1. The Kier molecular flexibility index (Phi) is 6.05. The van der Waals surface area contributed by atoms with E-state index >= 15 is 0 Å². The Labute approximate surface area is 181 Å². The van der Waals surface area contributed by atoms with Crippen LogP contribution in [0.5, 0.6) is 11.5 Å². The quantitative estimate of drug-likeness (QED) is 0.635. The molecule has 6 nitrogen and oxygen atoms in total. The zero-order chi connectivity index (χ0) is 22.0. The van der Waals surface area contributed by atoms with Gasteiger partial charge in [-0.1, -0.05) is 12.1 Å². The lowest BCUT2D eigenvalue weighted by Gasteiger charge is -2.39. The fraction of sp³-hybridized carbons (Fsp3) is 0.458. The molecule has 1 saturated heterocycles. The molecule has 0 radical (unpaired) electrons. The summed E-state index contributed by atoms with van der Waals surface area (Å²) in [4.78, 5) is 24.5. The molecular weight excluding hydrogens is 401 g/mol. The summed E-state index contributed by atoms with van der Waals surface area (Å²) < 4.78 is 25.1. The van der Waals surface area contributed by atoms with Crippen LogP contribution in [0.2, 0.25) is 0 Å². The maximum Gasteiger partial charge on any atom is 0.410 e. The standard InChI is InChI=1S/C24H28FNO5/c1-24(2,3)30-23(27)26-11-10-21(16-4-7-19(25)8-5-16)18(13-26)14-28-20-9-6-17-15-29-31-22(17)12-20/h4-9,12,18,21H,10-11,13-15H2,1-3H3/t18-,21-/m0/s1. The van der Waals surface area contributed by atoms with E-state index in [0.29, 0.717) is 37.8 Å². The van der Waals surface area contributed by atoms with E-state index in [4.69, 9.17) is 19.2 Å². The zero-order valence-corrected chi connectivity index (χ0v) is 18.1. The van der Waals surface area contributed by atoms with Crippen molar-refractivity contribution in [3.05, 3.63) is 59.4 Å². The Morgan fingerprint density at radius 1 is 1.19 bits per heavy atom. The minimum Gasteiger partial charge on any atom is -0.493 e. The van der Waals surface area contributed by atoms with Gasteiger partial charge in [0, 0.05) is 30.6 Å². The molecule has 2 aromatic rings. The molecular formula is C24H28FNO5. The monoisotopic (exact) mass is 429 g/mol. The summed E-state index contributed by atoms with van der Waals surface area (Å²) in [6, 6.07) is 12.2. The van der Waals surface area contributed by atoms with Crippen molar-refractivity contribution in [1.82, 2.24) is 4.90 Å². The molecule has 0 aliphatic carbocycles. The summed E-state index contributed by atoms with van der Waals surface area (Å²) in [6.07, 6.45) is 0.429. The van der Waals surface area contributed by atoms with Gasteiger partial charge in [0.15, 0.2) is 5.75 Å². The van der Waals surface area contributed by atoms with Crippen LogP contribution >= 0.6 is 0 Å². The lowest BCUT2D eigenvalue weighted by atomic mass is 9.81. The molecule has 166 valence electrons. The van der Waals surface area contributed by atoms with E-state index in [9.17, 15) is 9.18 Å². The Hall–Kier alpha value is -2.80. The van der Waals surface area contributed by atoms with Crippen LogP contribution < -0.4 is 9.62 Å². The SMILES string of the molecule is CC(C)(C)OC(=O)N1CC[C@@H](c2ccc(F)cc2)[C@H](COc2ccc3c(c2)OOC3)C1. The van der Waals surface area contributed by atoms with Crippen LogP contribution in [-0.2, 0) is 16.2 Å². The van der Waals surface area contributed by atoms with Crippen LogP contribution in [0, 0.1) is 11.7 Å². The van der Waals surface area contributed by atoms with E-state index in [1.165, 1.54) is 12.1 Å². The van der Waals surface area contributed by atoms with Crippen molar-refractivity contribution in [2.75, 3.05) is 19.7 Å². The minimum absolute atomic E-state index is 0.0251. The molecule has 0 unspecified atom stereocenters. The second kappa shape index (κ2) is 8.75. The highest BCUT2D eigenvalue weighted by Gasteiger charge is 2.35. The topological polar surface area (TPSA) is 57.2 Å². The summed E-state index contributed by atoms with van der Waals surface area (Å²) >= 11 is 0. The number of carbonyl (C=O) groups is 1. The number of ether oxygens (including phenoxy) is 2. The van der Waals surface area contributed by atoms with Crippen molar-refractivity contribution in [1.29, 1.82) is 0 Å². The Bertz CT molecular complexity index is 925. The van der Waals surface area contributed by atoms with Crippen LogP contribution in [0.25, 0.3) is 0 Å². The number of carbonyl (C=O) groups excluding carboxylic acids is 1. The fourth-order valence-electron chi connectivity index (χ4n) is 4.02. The van der Waals surface area contributed by atoms with Gasteiger partial charge in [0.05, 0.1) is 6.61 Å². The van der Waals surface area contributed by atoms with Gasteiger partial charge in [0.2, 0.25) is 0 Å². The third-order valence-corrected chi connectivity index (χ3v) is 5.55. The normalized spacial score (nSPS) is 20.7. The number of hydrogen-bond donors (Lipinski definition) is 0. The molecule has 4 rings (SSSR count). The smallest absolute Gasteiger partial charge is 0.410 e. The highest BCUT2D eigenvalue weighted by Crippen LogP contribution is 2.35. The predicted octanol–water partition coefficient (Wildman–Crippen LogP) is 5.07. The summed E-state index contributed by atoms with van der Waals surface area (Å²) in [7, 11) is 0. The number of amides is 1. The number of piperidine rings is 1. The van der Waals surface area contributed by atoms with Gasteiger partial charge in [-0.25, -0.2) is 9.18 Å². The largest absolute Gasteiger partial charge is 0.493 e. The molecule has 0 spiro atoms. The summed E-state index contributed by atoms with van der Waals surface area (Å²) in [6.45, 7) is 7.49. The number of halogens is 1. The van der Waals surface area contributed by atoms with Crippen molar-refractivity contribution >= 4 is 6.09 Å². The Morgan fingerprint density at radius 3 is 2.71 bits per heavy atom. The van der Waals surface area contributed by atoms with Crippen molar-refractivity contribution in [3.63, 3.8) is 0 Å². The second-order valence-electron chi connectivity index (χ2n) is 9.06. The Morgan fingerprint density at radius 2 is 1.97 bits per heavy atom. The molecule has 2 aromatic carbocycles.